The van der Waals surface area contributed by atoms with E-state index < -0.39 is 0 Å². The Bertz CT molecular complexity index is 457. The topological polar surface area (TPSA) is 55.0 Å². The van der Waals surface area contributed by atoms with Crippen molar-refractivity contribution < 1.29 is 0 Å². The zero-order valence-electron chi connectivity index (χ0n) is 10.7. The van der Waals surface area contributed by atoms with Gasteiger partial charge in [-0.15, -0.1) is 0 Å². The minimum Gasteiger partial charge on any atom is -0.384 e. The third kappa shape index (κ3) is 1.74. The van der Waals surface area contributed by atoms with E-state index in [1.165, 1.54) is 45.2 Å². The van der Waals surface area contributed by atoms with E-state index in [0.717, 1.165) is 23.5 Å². The number of hydrogen-bond acceptors (Lipinski definition) is 4. The first-order valence-electron chi connectivity index (χ1n) is 7.19. The molecule has 4 nitrogen and oxygen atoms in total. The van der Waals surface area contributed by atoms with Crippen molar-refractivity contribution >= 4 is 11.6 Å². The third-order valence-electron chi connectivity index (χ3n) is 4.74. The maximum absolute atomic E-state index is 5.93. The van der Waals surface area contributed by atoms with Crippen LogP contribution in [0.3, 0.4) is 0 Å². The van der Waals surface area contributed by atoms with Crippen LogP contribution in [0, 0.1) is 11.8 Å². The van der Waals surface area contributed by atoms with Gasteiger partial charge in [0.1, 0.15) is 17.5 Å². The van der Waals surface area contributed by atoms with Crippen molar-refractivity contribution in [2.75, 3.05) is 23.7 Å². The van der Waals surface area contributed by atoms with Crippen molar-refractivity contribution in [1.82, 2.24) is 9.97 Å². The van der Waals surface area contributed by atoms with E-state index in [1.807, 2.05) is 6.07 Å². The fourth-order valence-electron chi connectivity index (χ4n) is 3.58. The highest BCUT2D eigenvalue weighted by Gasteiger charge is 2.37. The van der Waals surface area contributed by atoms with Crippen molar-refractivity contribution in [3.63, 3.8) is 0 Å². The molecule has 4 heteroatoms. The summed E-state index contributed by atoms with van der Waals surface area (Å²) in [6.45, 7) is 2.34. The maximum atomic E-state index is 5.93. The second kappa shape index (κ2) is 3.84. The van der Waals surface area contributed by atoms with E-state index in [1.54, 1.807) is 0 Å². The summed E-state index contributed by atoms with van der Waals surface area (Å²) in [6.07, 6.45) is 6.68. The number of anilines is 2. The molecule has 2 heterocycles. The SMILES string of the molecule is Nc1cc(N2CC3CCCC3C2)nc(C2CC2)n1. The molecule has 4 rings (SSSR count). The van der Waals surface area contributed by atoms with Gasteiger partial charge in [0.25, 0.3) is 0 Å². The smallest absolute Gasteiger partial charge is 0.136 e. The fraction of sp³-hybridized carbons (Fsp3) is 0.714. The summed E-state index contributed by atoms with van der Waals surface area (Å²) in [7, 11) is 0. The standard InChI is InChI=1S/C14H20N4/c15-12-6-13(17-14(16-12)9-4-5-9)18-7-10-2-1-3-11(10)8-18/h6,9-11H,1-5,7-8H2,(H2,15,16,17). The Morgan fingerprint density at radius 2 is 1.78 bits per heavy atom. The van der Waals surface area contributed by atoms with Crippen LogP contribution < -0.4 is 10.6 Å². The van der Waals surface area contributed by atoms with E-state index in [0.29, 0.717) is 11.7 Å². The maximum Gasteiger partial charge on any atom is 0.136 e. The van der Waals surface area contributed by atoms with E-state index in [9.17, 15) is 0 Å². The highest BCUT2D eigenvalue weighted by molar-refractivity contribution is 5.48. The molecule has 1 aliphatic heterocycles. The van der Waals surface area contributed by atoms with Crippen LogP contribution in [0.5, 0.6) is 0 Å². The van der Waals surface area contributed by atoms with Crippen LogP contribution in [0.4, 0.5) is 11.6 Å². The van der Waals surface area contributed by atoms with E-state index in [2.05, 4.69) is 9.88 Å². The first-order valence-corrected chi connectivity index (χ1v) is 7.19. The molecule has 96 valence electrons. The second-order valence-electron chi connectivity index (χ2n) is 6.14. The lowest BCUT2D eigenvalue weighted by molar-refractivity contribution is 0.494. The molecular weight excluding hydrogens is 224 g/mol. The summed E-state index contributed by atoms with van der Waals surface area (Å²) >= 11 is 0. The Morgan fingerprint density at radius 1 is 1.06 bits per heavy atom. The Labute approximate surface area is 108 Å². The minimum absolute atomic E-state index is 0.578. The largest absolute Gasteiger partial charge is 0.384 e. The van der Waals surface area contributed by atoms with Gasteiger partial charge in [0, 0.05) is 25.1 Å². The highest BCUT2D eigenvalue weighted by atomic mass is 15.2. The van der Waals surface area contributed by atoms with Gasteiger partial charge in [-0.2, -0.15) is 0 Å². The molecule has 1 saturated heterocycles. The molecule has 0 spiro atoms. The number of nitrogen functional groups attached to an aromatic ring is 1. The third-order valence-corrected chi connectivity index (χ3v) is 4.74. The van der Waals surface area contributed by atoms with Crippen LogP contribution in [-0.2, 0) is 0 Å². The fourth-order valence-corrected chi connectivity index (χ4v) is 3.58. The molecule has 0 radical (unpaired) electrons. The Balaban J connectivity index is 1.60. The second-order valence-corrected chi connectivity index (χ2v) is 6.14. The monoisotopic (exact) mass is 244 g/mol. The first-order chi connectivity index (χ1) is 8.79. The summed E-state index contributed by atoms with van der Waals surface area (Å²) in [5.41, 5.74) is 5.93. The molecule has 0 amide bonds. The zero-order valence-corrected chi connectivity index (χ0v) is 10.7. The number of nitrogens with two attached hydrogens (primary N) is 1. The van der Waals surface area contributed by atoms with E-state index in [4.69, 9.17) is 10.7 Å². The normalized spacial score (nSPS) is 30.8. The van der Waals surface area contributed by atoms with Crippen LogP contribution in [0.2, 0.25) is 0 Å². The molecule has 2 saturated carbocycles. The molecule has 2 atom stereocenters. The molecule has 3 aliphatic rings. The van der Waals surface area contributed by atoms with Crippen molar-refractivity contribution in [2.24, 2.45) is 11.8 Å². The molecule has 1 aromatic heterocycles. The summed E-state index contributed by atoms with van der Waals surface area (Å²) in [5.74, 6) is 5.05. The van der Waals surface area contributed by atoms with Gasteiger partial charge >= 0.3 is 0 Å². The van der Waals surface area contributed by atoms with Crippen LogP contribution in [0.1, 0.15) is 43.8 Å². The highest BCUT2D eigenvalue weighted by Crippen LogP contribution is 2.41. The van der Waals surface area contributed by atoms with E-state index >= 15 is 0 Å². The zero-order chi connectivity index (χ0) is 12.1. The lowest BCUT2D eigenvalue weighted by Crippen LogP contribution is -2.22. The summed E-state index contributed by atoms with van der Waals surface area (Å²) in [6, 6.07) is 1.95. The van der Waals surface area contributed by atoms with Gasteiger partial charge in [0.05, 0.1) is 0 Å². The van der Waals surface area contributed by atoms with Gasteiger partial charge in [-0.1, -0.05) is 6.42 Å². The number of rotatable bonds is 2. The van der Waals surface area contributed by atoms with Crippen LogP contribution in [0.25, 0.3) is 0 Å². The molecule has 0 bridgehead atoms. The van der Waals surface area contributed by atoms with Gasteiger partial charge in [0.15, 0.2) is 0 Å². The predicted molar refractivity (Wildman–Crippen MR) is 71.5 cm³/mol. The van der Waals surface area contributed by atoms with Crippen LogP contribution in [0.15, 0.2) is 6.07 Å². The Kier molecular flexibility index (Phi) is 2.26. The summed E-state index contributed by atoms with van der Waals surface area (Å²) in [5, 5.41) is 0. The van der Waals surface area contributed by atoms with Crippen LogP contribution in [-0.4, -0.2) is 23.1 Å². The van der Waals surface area contributed by atoms with Gasteiger partial charge < -0.3 is 10.6 Å². The van der Waals surface area contributed by atoms with E-state index in [-0.39, 0.29) is 0 Å². The molecular formula is C14H20N4. The number of nitrogens with zero attached hydrogens (tertiary/aromatic N) is 3. The molecule has 3 fully saturated rings. The van der Waals surface area contributed by atoms with Crippen molar-refractivity contribution in [1.29, 1.82) is 0 Å². The lowest BCUT2D eigenvalue weighted by Gasteiger charge is -2.19. The van der Waals surface area contributed by atoms with Gasteiger partial charge in [0.2, 0.25) is 0 Å². The molecule has 2 N–H and O–H groups in total. The van der Waals surface area contributed by atoms with Gasteiger partial charge in [-0.25, -0.2) is 9.97 Å². The lowest BCUT2D eigenvalue weighted by atomic mass is 10.0. The summed E-state index contributed by atoms with van der Waals surface area (Å²) in [4.78, 5) is 11.5. The Morgan fingerprint density at radius 3 is 2.44 bits per heavy atom. The average molecular weight is 244 g/mol. The molecule has 2 aliphatic carbocycles. The number of hydrogen-bond donors (Lipinski definition) is 1. The summed E-state index contributed by atoms with van der Waals surface area (Å²) < 4.78 is 0. The molecule has 0 aromatic carbocycles. The number of fused-ring (bicyclic) bond motifs is 1. The quantitative estimate of drug-likeness (QED) is 0.866. The Hall–Kier alpha value is -1.32. The van der Waals surface area contributed by atoms with Gasteiger partial charge in [-0.05, 0) is 37.5 Å². The molecule has 18 heavy (non-hydrogen) atoms. The minimum atomic E-state index is 0.578. The molecule has 1 aromatic rings. The molecule has 2 unspecified atom stereocenters. The van der Waals surface area contributed by atoms with Crippen molar-refractivity contribution in [3.05, 3.63) is 11.9 Å². The van der Waals surface area contributed by atoms with Crippen molar-refractivity contribution in [2.45, 2.75) is 38.0 Å². The van der Waals surface area contributed by atoms with Crippen LogP contribution >= 0.6 is 0 Å². The number of aromatic nitrogens is 2. The predicted octanol–water partition coefficient (Wildman–Crippen LogP) is 2.17. The van der Waals surface area contributed by atoms with Gasteiger partial charge in [-0.3, -0.25) is 0 Å². The first kappa shape index (κ1) is 10.6. The van der Waals surface area contributed by atoms with Crippen molar-refractivity contribution in [3.8, 4) is 0 Å². The average Bonchev–Trinajstić information content (AvgIpc) is 2.97.